The summed E-state index contributed by atoms with van der Waals surface area (Å²) in [7, 11) is 0. The Morgan fingerprint density at radius 1 is 1.42 bits per heavy atom. The molecular formula is C13H26N4O2. The quantitative estimate of drug-likeness (QED) is 0.337. The molecule has 0 aromatic rings. The van der Waals surface area contributed by atoms with Crippen molar-refractivity contribution < 1.29 is 10.2 Å². The number of hydrazine groups is 1. The number of nitrogens with two attached hydrogens (primary N) is 3. The van der Waals surface area contributed by atoms with E-state index in [9.17, 15) is 10.2 Å². The van der Waals surface area contributed by atoms with E-state index in [1.165, 1.54) is 0 Å². The molecule has 1 saturated carbocycles. The fraction of sp³-hybridized carbons (Fsp3) is 0.846. The van der Waals surface area contributed by atoms with Crippen molar-refractivity contribution in [2.24, 2.45) is 29.1 Å². The molecule has 0 radical (unpaired) electrons. The highest BCUT2D eigenvalue weighted by atomic mass is 16.3. The first kappa shape index (κ1) is 14.6. The molecule has 0 spiro atoms. The summed E-state index contributed by atoms with van der Waals surface area (Å²) in [5.74, 6) is 6.60. The number of aliphatic hydroxyl groups is 2. The van der Waals surface area contributed by atoms with Crippen LogP contribution < -0.4 is 17.3 Å². The van der Waals surface area contributed by atoms with E-state index in [2.05, 4.69) is 0 Å². The number of rotatable bonds is 4. The van der Waals surface area contributed by atoms with Crippen LogP contribution in [0.1, 0.15) is 32.6 Å². The Kier molecular flexibility index (Phi) is 4.06. The Morgan fingerprint density at radius 2 is 2.11 bits per heavy atom. The highest BCUT2D eigenvalue weighted by molar-refractivity contribution is 5.22. The Balaban J connectivity index is 2.11. The van der Waals surface area contributed by atoms with Crippen LogP contribution in [-0.4, -0.2) is 40.0 Å². The zero-order valence-corrected chi connectivity index (χ0v) is 11.5. The van der Waals surface area contributed by atoms with Gasteiger partial charge in [0.2, 0.25) is 0 Å². The first-order chi connectivity index (χ1) is 8.95. The lowest BCUT2D eigenvalue weighted by Gasteiger charge is -2.31. The maximum Gasteiger partial charge on any atom is 0.0652 e. The maximum absolute atomic E-state index is 9.36. The molecular weight excluding hydrogens is 244 g/mol. The fourth-order valence-electron chi connectivity index (χ4n) is 3.37. The van der Waals surface area contributed by atoms with Crippen LogP contribution in [0.2, 0.25) is 0 Å². The van der Waals surface area contributed by atoms with E-state index in [1.54, 1.807) is 5.01 Å². The van der Waals surface area contributed by atoms with Crippen LogP contribution in [0.3, 0.4) is 0 Å². The van der Waals surface area contributed by atoms with Crippen LogP contribution in [0.15, 0.2) is 11.4 Å². The monoisotopic (exact) mass is 270 g/mol. The molecule has 2 aliphatic rings. The van der Waals surface area contributed by atoms with Crippen molar-refractivity contribution in [2.45, 2.75) is 44.2 Å². The smallest absolute Gasteiger partial charge is 0.0652 e. The molecule has 19 heavy (non-hydrogen) atoms. The number of nitrogens with zero attached hydrogens (tertiary/aromatic N) is 1. The predicted molar refractivity (Wildman–Crippen MR) is 73.2 cm³/mol. The molecule has 6 heteroatoms. The first-order valence-corrected chi connectivity index (χ1v) is 6.97. The van der Waals surface area contributed by atoms with Gasteiger partial charge in [0.05, 0.1) is 12.6 Å². The zero-order chi connectivity index (χ0) is 14.2. The van der Waals surface area contributed by atoms with E-state index in [4.69, 9.17) is 17.3 Å². The van der Waals surface area contributed by atoms with Gasteiger partial charge in [-0.1, -0.05) is 0 Å². The molecule has 4 unspecified atom stereocenters. The first-order valence-electron chi connectivity index (χ1n) is 6.97. The van der Waals surface area contributed by atoms with Crippen LogP contribution in [0, 0.1) is 11.8 Å². The van der Waals surface area contributed by atoms with E-state index in [0.717, 1.165) is 30.7 Å². The number of fused-ring (bicyclic) bond motifs is 1. The third kappa shape index (κ3) is 2.45. The summed E-state index contributed by atoms with van der Waals surface area (Å²) < 4.78 is 0. The molecule has 0 aliphatic heterocycles. The predicted octanol–water partition coefficient (Wildman–Crippen LogP) is -0.777. The molecule has 0 amide bonds. The summed E-state index contributed by atoms with van der Waals surface area (Å²) in [6, 6.07) is -0.162. The standard InChI is InChI=1S/C13H26N4O2/c1-8(6-18)17(16)12-4-5-13(15)9(10(13)7-19)2-3-11(12)14/h8-10,18-19H,2-7,14-16H2,1H3/b12-11-. The molecule has 6 nitrogen and oxygen atoms in total. The maximum atomic E-state index is 9.36. The van der Waals surface area contributed by atoms with Crippen molar-refractivity contribution in [2.75, 3.05) is 13.2 Å². The van der Waals surface area contributed by atoms with Crippen LogP contribution >= 0.6 is 0 Å². The summed E-state index contributed by atoms with van der Waals surface area (Å²) in [6.45, 7) is 1.99. The van der Waals surface area contributed by atoms with Crippen molar-refractivity contribution in [1.82, 2.24) is 5.01 Å². The van der Waals surface area contributed by atoms with Gasteiger partial charge in [0.25, 0.3) is 0 Å². The molecule has 0 heterocycles. The lowest BCUT2D eigenvalue weighted by atomic mass is 9.97. The second kappa shape index (κ2) is 5.28. The van der Waals surface area contributed by atoms with Crippen molar-refractivity contribution in [3.05, 3.63) is 11.4 Å². The minimum absolute atomic E-state index is 0.0110. The fourth-order valence-corrected chi connectivity index (χ4v) is 3.37. The van der Waals surface area contributed by atoms with Gasteiger partial charge in [-0.15, -0.1) is 0 Å². The molecule has 2 aliphatic carbocycles. The van der Waals surface area contributed by atoms with Gasteiger partial charge in [0.1, 0.15) is 0 Å². The number of allylic oxidation sites excluding steroid dienone is 2. The number of aliphatic hydroxyl groups excluding tert-OH is 2. The minimum Gasteiger partial charge on any atom is -0.401 e. The van der Waals surface area contributed by atoms with Crippen molar-refractivity contribution in [3.63, 3.8) is 0 Å². The Labute approximate surface area is 114 Å². The largest absolute Gasteiger partial charge is 0.401 e. The summed E-state index contributed by atoms with van der Waals surface area (Å²) in [4.78, 5) is 0. The Bertz CT molecular complexity index is 374. The van der Waals surface area contributed by atoms with Gasteiger partial charge >= 0.3 is 0 Å². The third-order valence-corrected chi connectivity index (χ3v) is 4.89. The zero-order valence-electron chi connectivity index (χ0n) is 11.5. The van der Waals surface area contributed by atoms with Gasteiger partial charge in [-0.05, 0) is 38.5 Å². The van der Waals surface area contributed by atoms with Gasteiger partial charge in [0.15, 0.2) is 0 Å². The molecule has 0 aromatic heterocycles. The molecule has 4 atom stereocenters. The number of hydrogen-bond acceptors (Lipinski definition) is 6. The molecule has 0 saturated heterocycles. The van der Waals surface area contributed by atoms with E-state index >= 15 is 0 Å². The second-order valence-corrected chi connectivity index (χ2v) is 5.96. The van der Waals surface area contributed by atoms with Crippen LogP contribution in [0.5, 0.6) is 0 Å². The third-order valence-electron chi connectivity index (χ3n) is 4.89. The summed E-state index contributed by atoms with van der Waals surface area (Å²) >= 11 is 0. The van der Waals surface area contributed by atoms with E-state index in [1.807, 2.05) is 6.92 Å². The van der Waals surface area contributed by atoms with Crippen LogP contribution in [0.25, 0.3) is 0 Å². The highest BCUT2D eigenvalue weighted by Crippen LogP contribution is 2.55. The van der Waals surface area contributed by atoms with Gasteiger partial charge in [-0.2, -0.15) is 0 Å². The highest BCUT2D eigenvalue weighted by Gasteiger charge is 2.60. The minimum atomic E-state index is -0.260. The normalized spacial score (nSPS) is 40.1. The average molecular weight is 270 g/mol. The van der Waals surface area contributed by atoms with Crippen molar-refractivity contribution >= 4 is 0 Å². The molecule has 2 rings (SSSR count). The Hall–Kier alpha value is -0.820. The van der Waals surface area contributed by atoms with Crippen molar-refractivity contribution in [1.29, 1.82) is 0 Å². The lowest BCUT2D eigenvalue weighted by molar-refractivity contribution is 0.159. The molecule has 8 N–H and O–H groups in total. The van der Waals surface area contributed by atoms with E-state index < -0.39 is 0 Å². The topological polar surface area (TPSA) is 122 Å². The van der Waals surface area contributed by atoms with Crippen LogP contribution in [-0.2, 0) is 0 Å². The van der Waals surface area contributed by atoms with Crippen molar-refractivity contribution in [3.8, 4) is 0 Å². The second-order valence-electron chi connectivity index (χ2n) is 5.96. The summed E-state index contributed by atoms with van der Waals surface area (Å²) in [6.07, 6.45) is 3.14. The lowest BCUT2D eigenvalue weighted by Crippen LogP contribution is -2.43. The SMILES string of the molecule is CC(CO)N(N)/C1=C(\N)CCC2C(CO)C2(N)CC1. The van der Waals surface area contributed by atoms with E-state index in [-0.39, 0.29) is 30.7 Å². The van der Waals surface area contributed by atoms with Gasteiger partial charge < -0.3 is 26.7 Å². The average Bonchev–Trinajstić information content (AvgIpc) is 2.96. The van der Waals surface area contributed by atoms with Gasteiger partial charge in [-0.3, -0.25) is 0 Å². The Morgan fingerprint density at radius 3 is 2.68 bits per heavy atom. The number of hydrogen-bond donors (Lipinski definition) is 5. The van der Waals surface area contributed by atoms with Gasteiger partial charge in [-0.25, -0.2) is 5.84 Å². The molecule has 0 aromatic carbocycles. The summed E-state index contributed by atoms with van der Waals surface area (Å²) in [5, 5.41) is 20.1. The van der Waals surface area contributed by atoms with Crippen LogP contribution in [0.4, 0.5) is 0 Å². The molecule has 110 valence electrons. The van der Waals surface area contributed by atoms with E-state index in [0.29, 0.717) is 12.3 Å². The summed E-state index contributed by atoms with van der Waals surface area (Å²) in [5.41, 5.74) is 13.9. The molecule has 0 bridgehead atoms. The van der Waals surface area contributed by atoms with Gasteiger partial charge in [0, 0.05) is 29.5 Å². The molecule has 1 fully saturated rings.